The first-order valence-electron chi connectivity index (χ1n) is 13.9. The molecule has 2 N–H and O–H groups in total. The Morgan fingerprint density at radius 1 is 1.10 bits per heavy atom. The molecule has 5 rings (SSSR count). The molecule has 1 atom stereocenters. The number of piperidine rings is 1. The van der Waals surface area contributed by atoms with Crippen molar-refractivity contribution in [2.24, 2.45) is 0 Å². The number of aryl methyl sites for hydroxylation is 2. The first-order valence-corrected chi connectivity index (χ1v) is 13.9. The molecule has 6 nitrogen and oxygen atoms in total. The number of benzene rings is 2. The maximum Gasteiger partial charge on any atom is 0.222 e. The van der Waals surface area contributed by atoms with Crippen molar-refractivity contribution in [1.82, 2.24) is 14.5 Å². The summed E-state index contributed by atoms with van der Waals surface area (Å²) in [5.74, 6) is 0.726. The van der Waals surface area contributed by atoms with E-state index >= 15 is 0 Å². The number of aromatic nitrogens is 2. The van der Waals surface area contributed by atoms with Crippen molar-refractivity contribution < 1.29 is 13.9 Å². The normalized spacial score (nSPS) is 15.6. The van der Waals surface area contributed by atoms with Crippen molar-refractivity contribution in [2.45, 2.75) is 51.0 Å². The van der Waals surface area contributed by atoms with E-state index in [1.807, 2.05) is 23.1 Å². The standard InChI is InChI=1S/C32H37FN4O2/c1-39-19-5-18-37-29-9-3-8-28(33)27(29)20-30(37)26-7-4-17-36(22-26)32(38)10-2-6-23-11-13-24(14-12-23)25-15-16-31(34)35-21-25/h3,8-9,11-16,20-21,26H,2,4-7,10,17-19,22H2,1H3,(H2,34,35). The number of ether oxygens (including phenoxy) is 1. The van der Waals surface area contributed by atoms with Crippen LogP contribution in [0.15, 0.2) is 66.9 Å². The summed E-state index contributed by atoms with van der Waals surface area (Å²) >= 11 is 0. The van der Waals surface area contributed by atoms with Crippen LogP contribution in [-0.4, -0.2) is 47.2 Å². The molecule has 1 saturated heterocycles. The molecule has 4 aromatic rings. The van der Waals surface area contributed by atoms with Gasteiger partial charge in [-0.1, -0.05) is 30.3 Å². The Bertz CT molecular complexity index is 1400. The molecule has 0 spiro atoms. The Morgan fingerprint density at radius 3 is 2.69 bits per heavy atom. The number of carbonyl (C=O) groups is 1. The largest absolute Gasteiger partial charge is 0.385 e. The number of nitrogens with zero attached hydrogens (tertiary/aromatic N) is 3. The van der Waals surface area contributed by atoms with Crippen molar-refractivity contribution in [3.8, 4) is 11.1 Å². The van der Waals surface area contributed by atoms with E-state index in [1.165, 1.54) is 11.6 Å². The molecule has 0 bridgehead atoms. The maximum atomic E-state index is 14.6. The highest BCUT2D eigenvalue weighted by atomic mass is 19.1. The minimum atomic E-state index is -0.193. The van der Waals surface area contributed by atoms with Crippen molar-refractivity contribution in [3.63, 3.8) is 0 Å². The second-order valence-electron chi connectivity index (χ2n) is 10.4. The number of likely N-dealkylation sites (tertiary alicyclic amines) is 1. The monoisotopic (exact) mass is 528 g/mol. The molecule has 39 heavy (non-hydrogen) atoms. The molecule has 204 valence electrons. The quantitative estimate of drug-likeness (QED) is 0.249. The zero-order chi connectivity index (χ0) is 27.2. The van der Waals surface area contributed by atoms with Gasteiger partial charge in [-0.2, -0.15) is 0 Å². The number of carbonyl (C=O) groups excluding carboxylic acids is 1. The topological polar surface area (TPSA) is 73.4 Å². The highest BCUT2D eigenvalue weighted by molar-refractivity contribution is 5.82. The molecule has 0 saturated carbocycles. The zero-order valence-electron chi connectivity index (χ0n) is 22.6. The zero-order valence-corrected chi connectivity index (χ0v) is 22.6. The summed E-state index contributed by atoms with van der Waals surface area (Å²) in [6.45, 7) is 2.91. The van der Waals surface area contributed by atoms with Gasteiger partial charge in [-0.15, -0.1) is 0 Å². The summed E-state index contributed by atoms with van der Waals surface area (Å²) in [7, 11) is 1.70. The van der Waals surface area contributed by atoms with Gasteiger partial charge < -0.3 is 19.9 Å². The van der Waals surface area contributed by atoms with E-state index in [1.54, 1.807) is 25.4 Å². The second kappa shape index (κ2) is 12.4. The minimum absolute atomic E-state index is 0.193. The van der Waals surface area contributed by atoms with Gasteiger partial charge >= 0.3 is 0 Å². The highest BCUT2D eigenvalue weighted by Gasteiger charge is 2.27. The molecule has 3 heterocycles. The molecule has 1 aliphatic heterocycles. The van der Waals surface area contributed by atoms with E-state index in [-0.39, 0.29) is 17.6 Å². The van der Waals surface area contributed by atoms with Crippen molar-refractivity contribution in [1.29, 1.82) is 0 Å². The molecule has 1 aliphatic rings. The number of methoxy groups -OCH3 is 1. The fourth-order valence-electron chi connectivity index (χ4n) is 5.71. The number of halogens is 1. The van der Waals surface area contributed by atoms with Crippen LogP contribution in [-0.2, 0) is 22.5 Å². The van der Waals surface area contributed by atoms with Gasteiger partial charge in [0.2, 0.25) is 5.91 Å². The second-order valence-corrected chi connectivity index (χ2v) is 10.4. The van der Waals surface area contributed by atoms with Gasteiger partial charge in [-0.3, -0.25) is 4.79 Å². The lowest BCUT2D eigenvalue weighted by Gasteiger charge is -2.33. The van der Waals surface area contributed by atoms with Crippen molar-refractivity contribution in [2.75, 3.05) is 32.5 Å². The lowest BCUT2D eigenvalue weighted by atomic mass is 9.94. The molecule has 2 aromatic carbocycles. The summed E-state index contributed by atoms with van der Waals surface area (Å²) in [6.07, 6.45) is 6.80. The van der Waals surface area contributed by atoms with E-state index < -0.39 is 0 Å². The van der Waals surface area contributed by atoms with E-state index in [0.29, 0.717) is 30.8 Å². The third-order valence-electron chi connectivity index (χ3n) is 7.78. The van der Waals surface area contributed by atoms with E-state index in [2.05, 4.69) is 33.8 Å². The fraction of sp³-hybridized carbons (Fsp3) is 0.375. The van der Waals surface area contributed by atoms with Crippen LogP contribution in [0.4, 0.5) is 10.2 Å². The Hall–Kier alpha value is -3.71. The molecular formula is C32H37FN4O2. The number of nitrogens with two attached hydrogens (primary N) is 1. The number of anilines is 1. The Kier molecular flexibility index (Phi) is 8.57. The Balaban J connectivity index is 1.19. The van der Waals surface area contributed by atoms with E-state index in [9.17, 15) is 9.18 Å². The number of hydrogen-bond donors (Lipinski definition) is 1. The molecule has 2 aromatic heterocycles. The molecule has 1 amide bonds. The van der Waals surface area contributed by atoms with Crippen LogP contribution in [0.5, 0.6) is 0 Å². The lowest BCUT2D eigenvalue weighted by molar-refractivity contribution is -0.132. The molecule has 0 aliphatic carbocycles. The van der Waals surface area contributed by atoms with Gasteiger partial charge in [0.25, 0.3) is 0 Å². The van der Waals surface area contributed by atoms with Crippen molar-refractivity contribution in [3.05, 3.63) is 83.9 Å². The SMILES string of the molecule is COCCCn1c(C2CCCN(C(=O)CCCc3ccc(-c4ccc(N)nc4)cc3)C2)cc2c(F)cccc21. The predicted molar refractivity (Wildman–Crippen MR) is 154 cm³/mol. The van der Waals surface area contributed by atoms with Crippen LogP contribution in [0.2, 0.25) is 0 Å². The number of nitrogen functional groups attached to an aromatic ring is 1. The molecule has 1 fully saturated rings. The fourth-order valence-corrected chi connectivity index (χ4v) is 5.71. The number of rotatable bonds is 10. The van der Waals surface area contributed by atoms with Crippen LogP contribution in [0.3, 0.4) is 0 Å². The highest BCUT2D eigenvalue weighted by Crippen LogP contribution is 2.33. The summed E-state index contributed by atoms with van der Waals surface area (Å²) in [4.78, 5) is 19.4. The smallest absolute Gasteiger partial charge is 0.222 e. The van der Waals surface area contributed by atoms with Crippen LogP contribution in [0.25, 0.3) is 22.0 Å². The number of hydrogen-bond acceptors (Lipinski definition) is 4. The van der Waals surface area contributed by atoms with Gasteiger partial charge in [0.15, 0.2) is 0 Å². The summed E-state index contributed by atoms with van der Waals surface area (Å²) < 4.78 is 22.1. The number of fused-ring (bicyclic) bond motifs is 1. The summed E-state index contributed by atoms with van der Waals surface area (Å²) in [6, 6.07) is 19.5. The minimum Gasteiger partial charge on any atom is -0.385 e. The molecular weight excluding hydrogens is 491 g/mol. The van der Waals surface area contributed by atoms with Gasteiger partial charge in [-0.25, -0.2) is 9.37 Å². The van der Waals surface area contributed by atoms with Crippen LogP contribution >= 0.6 is 0 Å². The van der Waals surface area contributed by atoms with Gasteiger partial charge in [-0.05, 0) is 73.6 Å². The lowest BCUT2D eigenvalue weighted by Crippen LogP contribution is -2.39. The predicted octanol–water partition coefficient (Wildman–Crippen LogP) is 6.19. The Morgan fingerprint density at radius 2 is 1.92 bits per heavy atom. The molecule has 0 radical (unpaired) electrons. The van der Waals surface area contributed by atoms with Crippen LogP contribution in [0.1, 0.15) is 49.3 Å². The average molecular weight is 529 g/mol. The van der Waals surface area contributed by atoms with Crippen molar-refractivity contribution >= 4 is 22.6 Å². The maximum absolute atomic E-state index is 14.6. The van der Waals surface area contributed by atoms with Crippen LogP contribution < -0.4 is 5.73 Å². The molecule has 7 heteroatoms. The number of pyridine rings is 1. The summed E-state index contributed by atoms with van der Waals surface area (Å²) in [5.41, 5.74) is 11.1. The van der Waals surface area contributed by atoms with E-state index in [0.717, 1.165) is 67.5 Å². The average Bonchev–Trinajstić information content (AvgIpc) is 3.34. The van der Waals surface area contributed by atoms with Gasteiger partial charge in [0.05, 0.1) is 5.52 Å². The van der Waals surface area contributed by atoms with Crippen LogP contribution in [0, 0.1) is 5.82 Å². The third-order valence-corrected chi connectivity index (χ3v) is 7.78. The first-order chi connectivity index (χ1) is 19.0. The first kappa shape index (κ1) is 26.9. The van der Waals surface area contributed by atoms with Gasteiger partial charge in [0, 0.05) is 68.5 Å². The molecule has 1 unspecified atom stereocenters. The summed E-state index contributed by atoms with van der Waals surface area (Å²) in [5, 5.41) is 0.659. The third kappa shape index (κ3) is 6.31. The van der Waals surface area contributed by atoms with E-state index in [4.69, 9.17) is 10.5 Å². The van der Waals surface area contributed by atoms with Gasteiger partial charge in [0.1, 0.15) is 11.6 Å². The number of amides is 1. The Labute approximate surface area is 229 Å².